The average Bonchev–Trinajstić information content (AvgIpc) is 3.53. The van der Waals surface area contributed by atoms with Gasteiger partial charge in [-0.2, -0.15) is 13.2 Å². The summed E-state index contributed by atoms with van der Waals surface area (Å²) in [6, 6.07) is 8.12. The summed E-state index contributed by atoms with van der Waals surface area (Å²) in [7, 11) is 1.40. The Morgan fingerprint density at radius 3 is 2.59 bits per heavy atom. The quantitative estimate of drug-likeness (QED) is 0.319. The van der Waals surface area contributed by atoms with E-state index >= 15 is 0 Å². The van der Waals surface area contributed by atoms with Crippen molar-refractivity contribution >= 4 is 35.2 Å². The first-order valence-electron chi connectivity index (χ1n) is 10.8. The van der Waals surface area contributed by atoms with Gasteiger partial charge in [-0.05, 0) is 24.5 Å². The molecule has 2 aromatic heterocycles. The smallest absolute Gasteiger partial charge is 0.401 e. The number of benzene rings is 2. The second kappa shape index (κ2) is 9.51. The van der Waals surface area contributed by atoms with Gasteiger partial charge in [0.05, 0.1) is 36.5 Å². The highest BCUT2D eigenvalue weighted by Gasteiger charge is 2.66. The molecule has 1 aliphatic carbocycles. The van der Waals surface area contributed by atoms with Crippen molar-refractivity contribution in [2.24, 2.45) is 0 Å². The minimum absolute atomic E-state index is 0. The fourth-order valence-corrected chi connectivity index (χ4v) is 3.90. The van der Waals surface area contributed by atoms with E-state index in [0.29, 0.717) is 22.3 Å². The monoisotopic (exact) mass is 538 g/mol. The fraction of sp³-hybridized carbons (Fsp3) is 0.250. The molecule has 5 rings (SSSR count). The van der Waals surface area contributed by atoms with Crippen LogP contribution in [0.4, 0.5) is 23.4 Å². The predicted molar refractivity (Wildman–Crippen MR) is 126 cm³/mol. The minimum Gasteiger partial charge on any atom is -0.504 e. The Morgan fingerprint density at radius 1 is 1.19 bits per heavy atom. The van der Waals surface area contributed by atoms with Crippen LogP contribution in [0.3, 0.4) is 0 Å². The number of anilines is 1. The van der Waals surface area contributed by atoms with Crippen LogP contribution in [-0.4, -0.2) is 39.4 Å². The van der Waals surface area contributed by atoms with Crippen molar-refractivity contribution in [1.29, 1.82) is 0 Å². The van der Waals surface area contributed by atoms with Crippen molar-refractivity contribution in [2.75, 3.05) is 12.4 Å². The number of alkyl halides is 3. The van der Waals surface area contributed by atoms with E-state index in [0.717, 1.165) is 6.07 Å². The van der Waals surface area contributed by atoms with Crippen molar-refractivity contribution in [3.05, 3.63) is 59.7 Å². The number of nitrogens with zero attached hydrogens (tertiary/aromatic N) is 3. The summed E-state index contributed by atoms with van der Waals surface area (Å²) in [6.07, 6.45) is -3.63. The van der Waals surface area contributed by atoms with Crippen molar-refractivity contribution in [2.45, 2.75) is 30.9 Å². The number of ether oxygens (including phenoxy) is 1. The molecular formula is C24H19ClF4N4O4. The van der Waals surface area contributed by atoms with Crippen LogP contribution in [0.2, 0.25) is 0 Å². The maximum absolute atomic E-state index is 14.8. The molecule has 2 N–H and O–H groups in total. The lowest BCUT2D eigenvalue weighted by Gasteiger charge is -2.14. The number of aromatic nitrogens is 3. The number of hydrogen-bond acceptors (Lipinski definition) is 7. The Kier molecular flexibility index (Phi) is 6.72. The lowest BCUT2D eigenvalue weighted by molar-refractivity contribution is -0.165. The topological polar surface area (TPSA) is 110 Å². The fourth-order valence-electron chi connectivity index (χ4n) is 3.90. The van der Waals surface area contributed by atoms with E-state index in [1.807, 2.05) is 0 Å². The second-order valence-corrected chi connectivity index (χ2v) is 8.46. The Morgan fingerprint density at radius 2 is 1.95 bits per heavy atom. The van der Waals surface area contributed by atoms with Gasteiger partial charge in [0.15, 0.2) is 23.1 Å². The van der Waals surface area contributed by atoms with Crippen LogP contribution in [-0.2, 0) is 16.6 Å². The number of amides is 1. The third kappa shape index (κ3) is 4.88. The van der Waals surface area contributed by atoms with Crippen LogP contribution in [0.25, 0.3) is 22.3 Å². The van der Waals surface area contributed by atoms with Gasteiger partial charge in [-0.15, -0.1) is 12.4 Å². The van der Waals surface area contributed by atoms with Gasteiger partial charge in [-0.1, -0.05) is 17.3 Å². The minimum atomic E-state index is -4.47. The zero-order chi connectivity index (χ0) is 25.7. The molecule has 1 amide bonds. The van der Waals surface area contributed by atoms with Crippen molar-refractivity contribution in [3.8, 4) is 22.8 Å². The van der Waals surface area contributed by atoms with Crippen LogP contribution in [0.5, 0.6) is 11.5 Å². The maximum atomic E-state index is 14.8. The summed E-state index contributed by atoms with van der Waals surface area (Å²) in [5.74, 6) is -1.75. The maximum Gasteiger partial charge on any atom is 0.401 e. The third-order valence-electron chi connectivity index (χ3n) is 6.08. The van der Waals surface area contributed by atoms with Crippen LogP contribution < -0.4 is 10.1 Å². The molecule has 1 saturated carbocycles. The molecule has 0 unspecified atom stereocenters. The van der Waals surface area contributed by atoms with Gasteiger partial charge < -0.3 is 19.7 Å². The summed E-state index contributed by atoms with van der Waals surface area (Å²) in [5, 5.41) is 15.7. The molecule has 1 aliphatic rings. The number of aromatic hydroxyl groups is 1. The van der Waals surface area contributed by atoms with E-state index in [1.54, 1.807) is 6.07 Å². The van der Waals surface area contributed by atoms with Gasteiger partial charge in [0.2, 0.25) is 5.91 Å². The number of rotatable bonds is 6. The summed E-state index contributed by atoms with van der Waals surface area (Å²) in [5.41, 5.74) is -0.377. The molecule has 0 atom stereocenters. The normalized spacial score (nSPS) is 14.2. The average molecular weight is 539 g/mol. The summed E-state index contributed by atoms with van der Waals surface area (Å²) >= 11 is 0. The first-order valence-corrected chi connectivity index (χ1v) is 10.8. The standard InChI is InChI=1S/C24H18F4N4O4.ClH/c1-35-19-9-16-15(8-18(19)33)29-11-17(30-16)13-3-2-12(14(25)6-13)7-22(34)31-21-10-20(36-32-21)23(4-5-23)24(26,27)28;/h2-3,6,8-11,33H,4-5,7H2,1H3,(H,31,32,34);1H. The molecule has 4 aromatic rings. The highest BCUT2D eigenvalue weighted by molar-refractivity contribution is 5.91. The molecule has 0 radical (unpaired) electrons. The molecule has 0 spiro atoms. The number of fused-ring (bicyclic) bond motifs is 1. The third-order valence-corrected chi connectivity index (χ3v) is 6.08. The van der Waals surface area contributed by atoms with Gasteiger partial charge in [0, 0.05) is 23.8 Å². The van der Waals surface area contributed by atoms with Gasteiger partial charge in [0.25, 0.3) is 0 Å². The highest BCUT2D eigenvalue weighted by Crippen LogP contribution is 2.59. The Hall–Kier alpha value is -3.93. The van der Waals surface area contributed by atoms with E-state index in [4.69, 9.17) is 9.26 Å². The number of halogens is 5. The van der Waals surface area contributed by atoms with Crippen molar-refractivity contribution in [1.82, 2.24) is 15.1 Å². The number of nitrogens with one attached hydrogen (secondary N) is 1. The highest BCUT2D eigenvalue weighted by atomic mass is 35.5. The van der Waals surface area contributed by atoms with Crippen molar-refractivity contribution < 1.29 is 36.7 Å². The molecule has 8 nitrogen and oxygen atoms in total. The van der Waals surface area contributed by atoms with E-state index in [9.17, 15) is 27.5 Å². The van der Waals surface area contributed by atoms with E-state index in [-0.39, 0.29) is 60.3 Å². The van der Waals surface area contributed by atoms with Gasteiger partial charge in [-0.3, -0.25) is 9.78 Å². The number of phenolic OH excluding ortho intramolecular Hbond substituents is 1. The number of methoxy groups -OCH3 is 1. The van der Waals surface area contributed by atoms with E-state index in [1.165, 1.54) is 37.6 Å². The lowest BCUT2D eigenvalue weighted by atomic mass is 10.0. The van der Waals surface area contributed by atoms with Gasteiger partial charge >= 0.3 is 6.18 Å². The number of carbonyl (C=O) groups is 1. The summed E-state index contributed by atoms with van der Waals surface area (Å²) in [6.45, 7) is 0. The zero-order valence-corrected chi connectivity index (χ0v) is 19.9. The van der Waals surface area contributed by atoms with Crippen LogP contribution >= 0.6 is 12.4 Å². The first kappa shape index (κ1) is 26.1. The largest absolute Gasteiger partial charge is 0.504 e. The SMILES string of the molecule is COc1cc2nc(-c3ccc(CC(=O)Nc4cc(C5(C(F)(F)F)CC5)on4)c(F)c3)cnc2cc1O.Cl. The number of hydrogen-bond donors (Lipinski definition) is 2. The van der Waals surface area contributed by atoms with E-state index in [2.05, 4.69) is 20.4 Å². The molecule has 0 aliphatic heterocycles. The van der Waals surface area contributed by atoms with Crippen molar-refractivity contribution in [3.63, 3.8) is 0 Å². The van der Waals surface area contributed by atoms with Gasteiger partial charge in [0.1, 0.15) is 11.2 Å². The first-order chi connectivity index (χ1) is 17.1. The van der Waals surface area contributed by atoms with Gasteiger partial charge in [-0.25, -0.2) is 9.37 Å². The summed E-state index contributed by atoms with van der Waals surface area (Å²) in [4.78, 5) is 21.0. The summed E-state index contributed by atoms with van der Waals surface area (Å²) < 4.78 is 64.3. The second-order valence-electron chi connectivity index (χ2n) is 8.46. The van der Waals surface area contributed by atoms with Crippen LogP contribution in [0.1, 0.15) is 24.2 Å². The molecule has 0 bridgehead atoms. The predicted octanol–water partition coefficient (Wildman–Crippen LogP) is 5.34. The zero-order valence-electron chi connectivity index (χ0n) is 19.1. The molecule has 2 aromatic carbocycles. The van der Waals surface area contributed by atoms with E-state index < -0.39 is 23.3 Å². The molecule has 0 saturated heterocycles. The molecule has 2 heterocycles. The Bertz CT molecular complexity index is 1490. The van der Waals surface area contributed by atoms with Crippen LogP contribution in [0, 0.1) is 5.82 Å². The number of carbonyl (C=O) groups excluding carboxylic acids is 1. The Balaban J connectivity index is 0.00000320. The molecular weight excluding hydrogens is 520 g/mol. The molecule has 194 valence electrons. The molecule has 1 fully saturated rings. The molecule has 13 heteroatoms. The lowest BCUT2D eigenvalue weighted by Crippen LogP contribution is -2.28. The number of phenols is 1. The Labute approximate surface area is 213 Å². The molecule has 37 heavy (non-hydrogen) atoms. The van der Waals surface area contributed by atoms with Crippen LogP contribution in [0.15, 0.2) is 47.1 Å².